The van der Waals surface area contributed by atoms with Crippen molar-refractivity contribution in [3.63, 3.8) is 0 Å². The highest BCUT2D eigenvalue weighted by Crippen LogP contribution is 2.41. The molecule has 3 N–H and O–H groups in total. The van der Waals surface area contributed by atoms with Gasteiger partial charge in [-0.05, 0) is 69.1 Å². The van der Waals surface area contributed by atoms with Gasteiger partial charge >= 0.3 is 0 Å². The minimum absolute atomic E-state index is 0.616. The van der Waals surface area contributed by atoms with Gasteiger partial charge in [0.1, 0.15) is 11.4 Å². The van der Waals surface area contributed by atoms with Crippen molar-refractivity contribution in [3.8, 4) is 51.0 Å². The third-order valence-corrected chi connectivity index (χ3v) is 11.4. The number of nitrogens with two attached hydrogens (primary N) is 1. The molecule has 0 atom stereocenters. The molecule has 0 spiro atoms. The summed E-state index contributed by atoms with van der Waals surface area (Å²) in [7, 11) is 0. The van der Waals surface area contributed by atoms with Crippen LogP contribution in [0, 0.1) is 5.41 Å². The average Bonchev–Trinajstić information content (AvgIpc) is 3.65. The Bertz CT molecular complexity index is 3350. The topological polar surface area (TPSA) is 84.1 Å². The lowest BCUT2D eigenvalue weighted by Gasteiger charge is -2.11. The van der Waals surface area contributed by atoms with E-state index in [1.165, 1.54) is 33.1 Å². The van der Waals surface area contributed by atoms with Crippen molar-refractivity contribution in [1.29, 1.82) is 5.41 Å². The van der Waals surface area contributed by atoms with Gasteiger partial charge in [0.25, 0.3) is 0 Å². The van der Waals surface area contributed by atoms with Gasteiger partial charge < -0.3 is 9.98 Å². The molecule has 0 amide bonds. The first kappa shape index (κ1) is 35.1. The zero-order chi connectivity index (χ0) is 40.0. The van der Waals surface area contributed by atoms with E-state index in [2.05, 4.69) is 149 Å². The molecule has 0 aliphatic heterocycles. The Morgan fingerprint density at radius 3 is 1.70 bits per heavy atom. The van der Waals surface area contributed by atoms with E-state index in [0.29, 0.717) is 17.5 Å². The molecule has 2 aromatic heterocycles. The molecule has 6 heteroatoms. The van der Waals surface area contributed by atoms with Crippen molar-refractivity contribution < 1.29 is 5.32 Å². The van der Waals surface area contributed by atoms with E-state index in [1.54, 1.807) is 0 Å². The van der Waals surface area contributed by atoms with Crippen LogP contribution in [0.4, 0.5) is 11.4 Å². The maximum atomic E-state index is 8.65. The number of nitrogens with zero attached hydrogens (tertiary/aromatic N) is 4. The molecule has 0 radical (unpaired) electrons. The predicted molar refractivity (Wildman–Crippen MR) is 246 cm³/mol. The summed E-state index contributed by atoms with van der Waals surface area (Å²) in [6.45, 7) is 0. The van der Waals surface area contributed by atoms with Crippen LogP contribution in [-0.2, 0) is 0 Å². The Morgan fingerprint density at radius 2 is 0.983 bits per heavy atom. The molecule has 60 heavy (non-hydrogen) atoms. The van der Waals surface area contributed by atoms with Crippen molar-refractivity contribution in [3.05, 3.63) is 206 Å². The van der Waals surface area contributed by atoms with E-state index in [1.807, 2.05) is 60.7 Å². The molecular weight excluding hydrogens is 733 g/mol. The molecule has 6 nitrogen and oxygen atoms in total. The summed E-state index contributed by atoms with van der Waals surface area (Å²) in [6, 6.07) is 69.6. The van der Waals surface area contributed by atoms with Crippen LogP contribution < -0.4 is 5.32 Å². The highest BCUT2D eigenvalue weighted by atomic mass is 15.0. The van der Waals surface area contributed by atoms with Gasteiger partial charge in [-0.15, -0.1) is 0 Å². The highest BCUT2D eigenvalue weighted by Gasteiger charge is 2.20. The summed E-state index contributed by atoms with van der Waals surface area (Å²) >= 11 is 0. The smallest absolute Gasteiger partial charge is 0.164 e. The Labute approximate surface area is 346 Å². The molecule has 0 unspecified atom stereocenters. The molecular formula is C54H37N6+. The number of hydrogen-bond donors (Lipinski definition) is 2. The van der Waals surface area contributed by atoms with Crippen LogP contribution >= 0.6 is 0 Å². The van der Waals surface area contributed by atoms with Gasteiger partial charge in [0.15, 0.2) is 17.5 Å². The van der Waals surface area contributed by atoms with E-state index in [4.69, 9.17) is 20.4 Å². The Morgan fingerprint density at radius 1 is 0.417 bits per heavy atom. The number of fused-ring (bicyclic) bond motifs is 7. The second-order valence-corrected chi connectivity index (χ2v) is 15.0. The number of nitrogens with one attached hydrogen (secondary N) is 1. The first-order chi connectivity index (χ1) is 29.7. The molecule has 2 heterocycles. The number of benzene rings is 9. The number of rotatable bonds is 8. The van der Waals surface area contributed by atoms with Crippen LogP contribution in [0.1, 0.15) is 5.56 Å². The van der Waals surface area contributed by atoms with Crippen LogP contribution in [-0.4, -0.2) is 25.7 Å². The van der Waals surface area contributed by atoms with Crippen molar-refractivity contribution >= 4 is 60.9 Å². The molecule has 0 aliphatic carbocycles. The summed E-state index contributed by atoms with van der Waals surface area (Å²) in [5.41, 5.74) is 11.1. The van der Waals surface area contributed by atoms with Crippen LogP contribution in [0.2, 0.25) is 0 Å². The van der Waals surface area contributed by atoms with Gasteiger partial charge in [0.05, 0.1) is 16.6 Å². The SMILES string of the molecule is N=Cc1cc2c3c4c(ccc5ccccc54)ccc3n(-c3ccccc3)c2cc1[NH2+]c1cccc(-c2cccc(-c3nc(-c4ccccc4)nc(-c4ccccc4)n3)c2)c1. The lowest BCUT2D eigenvalue weighted by molar-refractivity contribution is -0.478. The van der Waals surface area contributed by atoms with Gasteiger partial charge in [-0.2, -0.15) is 0 Å². The fourth-order valence-electron chi connectivity index (χ4n) is 8.55. The Balaban J connectivity index is 1.01. The Hall–Kier alpha value is -8.06. The minimum atomic E-state index is 0.616. The number of para-hydroxylation sites is 1. The van der Waals surface area contributed by atoms with Crippen molar-refractivity contribution in [2.75, 3.05) is 0 Å². The lowest BCUT2D eigenvalue weighted by Crippen LogP contribution is -2.71. The van der Waals surface area contributed by atoms with E-state index in [-0.39, 0.29) is 0 Å². The van der Waals surface area contributed by atoms with E-state index in [9.17, 15) is 0 Å². The zero-order valence-electron chi connectivity index (χ0n) is 32.5. The summed E-state index contributed by atoms with van der Waals surface area (Å²) < 4.78 is 2.37. The van der Waals surface area contributed by atoms with Gasteiger partial charge in [-0.3, -0.25) is 5.32 Å². The number of hydrogen-bond acceptors (Lipinski definition) is 4. The lowest BCUT2D eigenvalue weighted by atomic mass is 9.97. The summed E-state index contributed by atoms with van der Waals surface area (Å²) in [5.74, 6) is 1.88. The molecule has 9 aromatic carbocycles. The molecule has 0 bridgehead atoms. The van der Waals surface area contributed by atoms with E-state index < -0.39 is 0 Å². The molecule has 282 valence electrons. The third-order valence-electron chi connectivity index (χ3n) is 11.4. The quantitative estimate of drug-likeness (QED) is 0.0917. The van der Waals surface area contributed by atoms with Crippen molar-refractivity contribution in [2.45, 2.75) is 0 Å². The first-order valence-electron chi connectivity index (χ1n) is 20.1. The van der Waals surface area contributed by atoms with Crippen LogP contribution in [0.3, 0.4) is 0 Å². The number of quaternary nitrogens is 1. The third kappa shape index (κ3) is 6.20. The standard InChI is InChI=1S/C54H36N6/c55-34-42-32-46-49(60(44-23-8-3-9-24-44)48-29-28-36-27-26-35-14-10-11-25-45(35)50(36)51(46)48)33-47(42)56-43-22-13-20-40(31-43)39-19-12-21-41(30-39)54-58-52(37-15-4-1-5-16-37)57-53(59-54)38-17-6-2-7-18-38/h1-34,55-56H/p+1. The zero-order valence-corrected chi connectivity index (χ0v) is 32.5. The number of aromatic nitrogens is 4. The van der Waals surface area contributed by atoms with Crippen LogP contribution in [0.15, 0.2) is 200 Å². The Kier molecular flexibility index (Phi) is 8.61. The maximum absolute atomic E-state index is 8.65. The summed E-state index contributed by atoms with van der Waals surface area (Å²) in [5, 5.41) is 18.0. The molecule has 0 fully saturated rings. The molecule has 11 rings (SSSR count). The molecule has 0 saturated carbocycles. The van der Waals surface area contributed by atoms with Crippen molar-refractivity contribution in [2.24, 2.45) is 0 Å². The van der Waals surface area contributed by atoms with Gasteiger partial charge in [-0.25, -0.2) is 15.0 Å². The normalized spacial score (nSPS) is 11.5. The van der Waals surface area contributed by atoms with Gasteiger partial charge in [-0.1, -0.05) is 152 Å². The largest absolute Gasteiger partial charge is 0.309 e. The second-order valence-electron chi connectivity index (χ2n) is 15.0. The second kappa shape index (κ2) is 14.7. The van der Waals surface area contributed by atoms with Crippen LogP contribution in [0.25, 0.3) is 94.3 Å². The van der Waals surface area contributed by atoms with Gasteiger partial charge in [0, 0.05) is 51.5 Å². The highest BCUT2D eigenvalue weighted by molar-refractivity contribution is 6.28. The minimum Gasteiger partial charge on any atom is -0.309 e. The van der Waals surface area contributed by atoms with Crippen molar-refractivity contribution in [1.82, 2.24) is 19.5 Å². The predicted octanol–water partition coefficient (Wildman–Crippen LogP) is 12.5. The fraction of sp³-hybridized carbons (Fsp3) is 0. The first-order valence-corrected chi connectivity index (χ1v) is 20.1. The average molecular weight is 770 g/mol. The van der Waals surface area contributed by atoms with Gasteiger partial charge in [0.2, 0.25) is 0 Å². The van der Waals surface area contributed by atoms with Crippen LogP contribution in [0.5, 0.6) is 0 Å². The fourth-order valence-corrected chi connectivity index (χ4v) is 8.55. The maximum Gasteiger partial charge on any atom is 0.164 e. The molecule has 11 aromatic rings. The summed E-state index contributed by atoms with van der Waals surface area (Å²) in [6.07, 6.45) is 1.48. The molecule has 0 aliphatic rings. The van der Waals surface area contributed by atoms with E-state index in [0.717, 1.165) is 66.9 Å². The molecule has 0 saturated heterocycles. The monoisotopic (exact) mass is 769 g/mol. The summed E-state index contributed by atoms with van der Waals surface area (Å²) in [4.78, 5) is 14.8. The van der Waals surface area contributed by atoms with E-state index >= 15 is 0 Å².